The quantitative estimate of drug-likeness (QED) is 0.496. The summed E-state index contributed by atoms with van der Waals surface area (Å²) < 4.78 is 0. The smallest absolute Gasteiger partial charge is 0.130 e. The fourth-order valence-electron chi connectivity index (χ4n) is 1.37. The number of benzene rings is 1. The van der Waals surface area contributed by atoms with Crippen LogP contribution < -0.4 is 5.73 Å². The number of nitrogen functional groups attached to an aromatic ring is 1. The Morgan fingerprint density at radius 3 is 2.61 bits per heavy atom. The van der Waals surface area contributed by atoms with Crippen molar-refractivity contribution in [2.24, 2.45) is 0 Å². The van der Waals surface area contributed by atoms with E-state index in [4.69, 9.17) is 40.5 Å². The summed E-state index contributed by atoms with van der Waals surface area (Å²) in [6, 6.07) is 7.06. The van der Waals surface area contributed by atoms with E-state index in [2.05, 4.69) is 4.98 Å². The fraction of sp³-hybridized carbons (Fsp3) is 0.0833. The normalized spacial score (nSPS) is 10.6. The number of anilines is 1. The SMILES string of the molecule is Nc1cccc(Cl)c1SCc1cnc(Cl)cc1Cl. The second-order valence-corrected chi connectivity index (χ2v) is 5.73. The summed E-state index contributed by atoms with van der Waals surface area (Å²) >= 11 is 19.4. The van der Waals surface area contributed by atoms with Crippen LogP contribution in [0.5, 0.6) is 0 Å². The van der Waals surface area contributed by atoms with Gasteiger partial charge in [0.05, 0.1) is 5.02 Å². The molecular weight excluding hydrogens is 311 g/mol. The standard InChI is InChI=1S/C12H9Cl3N2S/c13-8-2-1-3-10(16)12(8)18-6-7-5-17-11(15)4-9(7)14/h1-5H,6,16H2. The molecule has 0 aliphatic heterocycles. The highest BCUT2D eigenvalue weighted by Gasteiger charge is 2.08. The summed E-state index contributed by atoms with van der Waals surface area (Å²) in [7, 11) is 0. The maximum Gasteiger partial charge on any atom is 0.130 e. The lowest BCUT2D eigenvalue weighted by Crippen LogP contribution is -1.91. The van der Waals surface area contributed by atoms with Gasteiger partial charge in [0.25, 0.3) is 0 Å². The summed E-state index contributed by atoms with van der Waals surface area (Å²) in [5, 5.41) is 1.61. The van der Waals surface area contributed by atoms with Crippen molar-refractivity contribution < 1.29 is 0 Å². The molecule has 2 aromatic rings. The molecule has 1 aromatic carbocycles. The van der Waals surface area contributed by atoms with E-state index in [0.717, 1.165) is 10.5 Å². The van der Waals surface area contributed by atoms with Gasteiger partial charge in [0.1, 0.15) is 5.15 Å². The van der Waals surface area contributed by atoms with Crippen LogP contribution in [0.2, 0.25) is 15.2 Å². The number of nitrogens with zero attached hydrogens (tertiary/aromatic N) is 1. The summed E-state index contributed by atoms with van der Waals surface area (Å²) in [5.41, 5.74) is 7.42. The van der Waals surface area contributed by atoms with Crippen molar-refractivity contribution in [1.29, 1.82) is 0 Å². The van der Waals surface area contributed by atoms with Gasteiger partial charge in [-0.05, 0) is 23.8 Å². The molecule has 0 spiro atoms. The van der Waals surface area contributed by atoms with Crippen molar-refractivity contribution in [3.8, 4) is 0 Å². The van der Waals surface area contributed by atoms with E-state index in [1.807, 2.05) is 18.2 Å². The van der Waals surface area contributed by atoms with Crippen LogP contribution in [-0.2, 0) is 5.75 Å². The molecule has 2 nitrogen and oxygen atoms in total. The van der Waals surface area contributed by atoms with Crippen molar-refractivity contribution in [3.63, 3.8) is 0 Å². The molecule has 2 N–H and O–H groups in total. The first-order valence-corrected chi connectivity index (χ1v) is 7.16. The average Bonchev–Trinajstić information content (AvgIpc) is 2.31. The number of pyridine rings is 1. The third-order valence-electron chi connectivity index (χ3n) is 2.27. The Kier molecular flexibility index (Phi) is 4.62. The summed E-state index contributed by atoms with van der Waals surface area (Å²) in [4.78, 5) is 4.85. The summed E-state index contributed by atoms with van der Waals surface area (Å²) in [5.74, 6) is 0.636. The second kappa shape index (κ2) is 6.02. The van der Waals surface area contributed by atoms with E-state index >= 15 is 0 Å². The largest absolute Gasteiger partial charge is 0.398 e. The van der Waals surface area contributed by atoms with Gasteiger partial charge in [0.2, 0.25) is 0 Å². The van der Waals surface area contributed by atoms with E-state index in [1.165, 1.54) is 11.8 Å². The van der Waals surface area contributed by atoms with Gasteiger partial charge in [-0.1, -0.05) is 40.9 Å². The van der Waals surface area contributed by atoms with Gasteiger partial charge in [-0.25, -0.2) is 4.98 Å². The molecule has 18 heavy (non-hydrogen) atoms. The minimum absolute atomic E-state index is 0.381. The van der Waals surface area contributed by atoms with Crippen molar-refractivity contribution in [2.75, 3.05) is 5.73 Å². The zero-order valence-corrected chi connectivity index (χ0v) is 12.2. The van der Waals surface area contributed by atoms with Crippen molar-refractivity contribution in [1.82, 2.24) is 4.98 Å². The Hall–Kier alpha value is -0.610. The van der Waals surface area contributed by atoms with Gasteiger partial charge in [-0.15, -0.1) is 11.8 Å². The van der Waals surface area contributed by atoms with Gasteiger partial charge in [0.15, 0.2) is 0 Å². The lowest BCUT2D eigenvalue weighted by molar-refractivity contribution is 1.25. The Bertz CT molecular complexity index is 555. The molecule has 1 heterocycles. The Morgan fingerprint density at radius 1 is 1.17 bits per heavy atom. The highest BCUT2D eigenvalue weighted by Crippen LogP contribution is 2.35. The molecule has 2 rings (SSSR count). The number of thioether (sulfide) groups is 1. The Labute approximate surface area is 124 Å². The average molecular weight is 320 g/mol. The van der Waals surface area contributed by atoms with Crippen LogP contribution in [0.1, 0.15) is 5.56 Å². The van der Waals surface area contributed by atoms with Crippen LogP contribution in [0.15, 0.2) is 35.4 Å². The molecule has 0 saturated carbocycles. The monoisotopic (exact) mass is 318 g/mol. The van der Waals surface area contributed by atoms with Crippen LogP contribution in [-0.4, -0.2) is 4.98 Å². The highest BCUT2D eigenvalue weighted by molar-refractivity contribution is 7.98. The summed E-state index contributed by atoms with van der Waals surface area (Å²) in [6.45, 7) is 0. The zero-order valence-electron chi connectivity index (χ0n) is 9.16. The number of halogens is 3. The molecule has 0 unspecified atom stereocenters. The zero-order chi connectivity index (χ0) is 13.1. The van der Waals surface area contributed by atoms with Crippen LogP contribution in [0.3, 0.4) is 0 Å². The van der Waals surface area contributed by atoms with Crippen molar-refractivity contribution in [2.45, 2.75) is 10.6 Å². The van der Waals surface area contributed by atoms with Crippen LogP contribution >= 0.6 is 46.6 Å². The van der Waals surface area contributed by atoms with E-state index < -0.39 is 0 Å². The van der Waals surface area contributed by atoms with Crippen molar-refractivity contribution >= 4 is 52.3 Å². The lowest BCUT2D eigenvalue weighted by atomic mass is 10.3. The molecule has 0 bridgehead atoms. The predicted octanol–water partition coefficient (Wildman–Crippen LogP) is 4.92. The number of rotatable bonds is 3. The second-order valence-electron chi connectivity index (χ2n) is 3.55. The van der Waals surface area contributed by atoms with Gasteiger partial charge in [-0.2, -0.15) is 0 Å². The number of nitrogens with two attached hydrogens (primary N) is 1. The third kappa shape index (κ3) is 3.23. The molecule has 0 aliphatic carbocycles. The first-order valence-electron chi connectivity index (χ1n) is 5.04. The Balaban J connectivity index is 2.16. The van der Waals surface area contributed by atoms with Crippen LogP contribution in [0.25, 0.3) is 0 Å². The molecule has 0 radical (unpaired) electrons. The predicted molar refractivity (Wildman–Crippen MR) is 79.7 cm³/mol. The fourth-order valence-corrected chi connectivity index (χ4v) is 3.20. The molecule has 0 amide bonds. The number of hydrogen-bond donors (Lipinski definition) is 1. The van der Waals surface area contributed by atoms with E-state index in [0.29, 0.717) is 26.6 Å². The van der Waals surface area contributed by atoms with E-state index in [-0.39, 0.29) is 0 Å². The van der Waals surface area contributed by atoms with Crippen molar-refractivity contribution in [3.05, 3.63) is 51.2 Å². The number of aromatic nitrogens is 1. The molecule has 1 aromatic heterocycles. The van der Waals surface area contributed by atoms with Gasteiger partial charge >= 0.3 is 0 Å². The molecule has 6 heteroatoms. The molecule has 0 aliphatic rings. The highest BCUT2D eigenvalue weighted by atomic mass is 35.5. The van der Waals surface area contributed by atoms with Gasteiger partial charge < -0.3 is 5.73 Å². The third-order valence-corrected chi connectivity index (χ3v) is 4.45. The van der Waals surface area contributed by atoms with E-state index in [9.17, 15) is 0 Å². The maximum atomic E-state index is 6.09. The Morgan fingerprint density at radius 2 is 1.94 bits per heavy atom. The van der Waals surface area contributed by atoms with E-state index in [1.54, 1.807) is 12.3 Å². The summed E-state index contributed by atoms with van der Waals surface area (Å²) in [6.07, 6.45) is 1.66. The lowest BCUT2D eigenvalue weighted by Gasteiger charge is -2.08. The molecule has 0 saturated heterocycles. The minimum atomic E-state index is 0.381. The first-order chi connectivity index (χ1) is 8.58. The van der Waals surface area contributed by atoms with Gasteiger partial charge in [-0.3, -0.25) is 0 Å². The van der Waals surface area contributed by atoms with Crippen LogP contribution in [0.4, 0.5) is 5.69 Å². The molecular formula is C12H9Cl3N2S. The molecule has 0 fully saturated rings. The molecule has 0 atom stereocenters. The minimum Gasteiger partial charge on any atom is -0.398 e. The number of hydrogen-bond acceptors (Lipinski definition) is 3. The maximum absolute atomic E-state index is 6.09. The van der Waals surface area contributed by atoms with Crippen LogP contribution in [0, 0.1) is 0 Å². The van der Waals surface area contributed by atoms with Gasteiger partial charge in [0, 0.05) is 27.6 Å². The first kappa shape index (κ1) is 13.8. The topological polar surface area (TPSA) is 38.9 Å². The molecule has 94 valence electrons.